The highest BCUT2D eigenvalue weighted by atomic mass is 16.3. The minimum absolute atomic E-state index is 0.901. The summed E-state index contributed by atoms with van der Waals surface area (Å²) in [5, 5.41) is 4.97. The molecule has 0 amide bonds. The first-order chi connectivity index (χ1) is 14.8. The molecule has 1 aliphatic heterocycles. The Morgan fingerprint density at radius 2 is 1.20 bits per heavy atom. The smallest absolute Gasteiger partial charge is 0.144 e. The van der Waals surface area contributed by atoms with E-state index < -0.39 is 0 Å². The van der Waals surface area contributed by atoms with Crippen molar-refractivity contribution in [1.29, 1.82) is 0 Å². The topological polar surface area (TPSA) is 13.1 Å². The van der Waals surface area contributed by atoms with Gasteiger partial charge >= 0.3 is 0 Å². The average molecular weight is 384 g/mol. The molecular formula is C29H20O. The van der Waals surface area contributed by atoms with Crippen molar-refractivity contribution in [3.05, 3.63) is 109 Å². The van der Waals surface area contributed by atoms with Crippen LogP contribution >= 0.6 is 0 Å². The Labute approximate surface area is 175 Å². The number of hydrogen-bond acceptors (Lipinski definition) is 1. The Hall–Kier alpha value is -3.84. The Kier molecular flexibility index (Phi) is 3.75. The van der Waals surface area contributed by atoms with Crippen molar-refractivity contribution in [2.24, 2.45) is 0 Å². The number of benzene rings is 4. The van der Waals surface area contributed by atoms with Gasteiger partial charge in [0.15, 0.2) is 0 Å². The summed E-state index contributed by atoms with van der Waals surface area (Å²) >= 11 is 0. The monoisotopic (exact) mass is 384 g/mol. The molecule has 0 bridgehead atoms. The second-order valence-electron chi connectivity index (χ2n) is 7.85. The van der Waals surface area contributed by atoms with Gasteiger partial charge in [-0.1, -0.05) is 91.0 Å². The van der Waals surface area contributed by atoms with E-state index in [-0.39, 0.29) is 0 Å². The molecule has 142 valence electrons. The standard InChI is InChI=1S/C29H20O/c1-19-17-26(21-10-3-2-4-11-21)30-29-27(19)24-13-7-8-14-25(24)28(29)23-16-15-20-9-5-6-12-22(20)18-23/h2-18H,1H3. The second-order valence-corrected chi connectivity index (χ2v) is 7.85. The molecule has 0 aromatic heterocycles. The molecule has 0 spiro atoms. The first-order valence-corrected chi connectivity index (χ1v) is 10.3. The average Bonchev–Trinajstić information content (AvgIpc) is 3.14. The number of hydrogen-bond donors (Lipinski definition) is 0. The maximum atomic E-state index is 6.61. The van der Waals surface area contributed by atoms with Crippen LogP contribution in [0, 0.1) is 6.92 Å². The summed E-state index contributed by atoms with van der Waals surface area (Å²) in [6.45, 7) is 2.18. The van der Waals surface area contributed by atoms with Crippen LogP contribution in [0.3, 0.4) is 0 Å². The summed E-state index contributed by atoms with van der Waals surface area (Å²) in [6.07, 6.45) is 0. The van der Waals surface area contributed by atoms with Gasteiger partial charge < -0.3 is 4.42 Å². The summed E-state index contributed by atoms with van der Waals surface area (Å²) < 4.78 is 6.61. The molecule has 0 saturated carbocycles. The molecule has 6 rings (SSSR count). The van der Waals surface area contributed by atoms with E-state index in [1.165, 1.54) is 43.8 Å². The molecule has 4 aromatic rings. The normalized spacial score (nSPS) is 11.5. The molecule has 0 saturated heterocycles. The van der Waals surface area contributed by atoms with Crippen LogP contribution in [0.4, 0.5) is 0 Å². The van der Waals surface area contributed by atoms with Gasteiger partial charge in [0.1, 0.15) is 11.5 Å². The summed E-state index contributed by atoms with van der Waals surface area (Å²) in [5.74, 6) is 1.86. The highest BCUT2D eigenvalue weighted by Crippen LogP contribution is 2.48. The molecule has 30 heavy (non-hydrogen) atoms. The Bertz CT molecular complexity index is 1490. The van der Waals surface area contributed by atoms with Gasteiger partial charge in [-0.3, -0.25) is 0 Å². The van der Waals surface area contributed by atoms with E-state index in [1.807, 2.05) is 6.07 Å². The predicted molar refractivity (Wildman–Crippen MR) is 126 cm³/mol. The largest absolute Gasteiger partial charge is 0.455 e. The van der Waals surface area contributed by atoms with Crippen LogP contribution in [0.15, 0.2) is 108 Å². The number of fused-ring (bicyclic) bond motifs is 4. The highest BCUT2D eigenvalue weighted by Gasteiger charge is 2.24. The van der Waals surface area contributed by atoms with Crippen molar-refractivity contribution in [2.75, 3.05) is 0 Å². The van der Waals surface area contributed by atoms with Gasteiger partial charge in [-0.25, -0.2) is 0 Å². The molecule has 4 aromatic carbocycles. The lowest BCUT2D eigenvalue weighted by molar-refractivity contribution is 0.583. The van der Waals surface area contributed by atoms with Gasteiger partial charge in [-0.15, -0.1) is 0 Å². The molecule has 0 N–H and O–H groups in total. The van der Waals surface area contributed by atoms with Crippen LogP contribution < -0.4 is 0 Å². The van der Waals surface area contributed by atoms with Gasteiger partial charge in [0.2, 0.25) is 0 Å². The van der Waals surface area contributed by atoms with Crippen LogP contribution in [-0.2, 0) is 0 Å². The van der Waals surface area contributed by atoms with Crippen molar-refractivity contribution < 1.29 is 4.42 Å². The lowest BCUT2D eigenvalue weighted by Gasteiger charge is -2.11. The quantitative estimate of drug-likeness (QED) is 0.292. The third-order valence-electron chi connectivity index (χ3n) is 5.97. The Morgan fingerprint density at radius 1 is 0.533 bits per heavy atom. The van der Waals surface area contributed by atoms with Crippen LogP contribution in [-0.4, -0.2) is 0 Å². The highest BCUT2D eigenvalue weighted by molar-refractivity contribution is 6.14. The zero-order chi connectivity index (χ0) is 20.1. The molecule has 0 unspecified atom stereocenters. The summed E-state index contributed by atoms with van der Waals surface area (Å²) in [6, 6.07) is 36.3. The van der Waals surface area contributed by atoms with Crippen LogP contribution in [0.25, 0.3) is 55.3 Å². The van der Waals surface area contributed by atoms with E-state index >= 15 is 0 Å². The zero-order valence-corrected chi connectivity index (χ0v) is 16.7. The molecule has 0 fully saturated rings. The van der Waals surface area contributed by atoms with E-state index in [0.717, 1.165) is 17.1 Å². The summed E-state index contributed by atoms with van der Waals surface area (Å²) in [4.78, 5) is 0. The van der Waals surface area contributed by atoms with Crippen molar-refractivity contribution in [2.45, 2.75) is 6.92 Å². The van der Waals surface area contributed by atoms with Crippen LogP contribution in [0.1, 0.15) is 5.56 Å². The SMILES string of the molecule is Cc1cc(-c2ccccc2)oc2c(-c3ccc4ccccc4c3)c3ccccc3c1-2. The Balaban J connectivity index is 1.71. The van der Waals surface area contributed by atoms with E-state index in [2.05, 4.69) is 104 Å². The predicted octanol–water partition coefficient (Wildman–Crippen LogP) is 8.33. The first-order valence-electron chi connectivity index (χ1n) is 10.3. The third-order valence-corrected chi connectivity index (χ3v) is 5.97. The van der Waals surface area contributed by atoms with Gasteiger partial charge in [0, 0.05) is 16.7 Å². The fourth-order valence-corrected chi connectivity index (χ4v) is 4.57. The van der Waals surface area contributed by atoms with Crippen LogP contribution in [0.5, 0.6) is 0 Å². The zero-order valence-electron chi connectivity index (χ0n) is 16.7. The molecule has 1 aliphatic carbocycles. The molecular weight excluding hydrogens is 364 g/mol. The molecule has 0 atom stereocenters. The van der Waals surface area contributed by atoms with E-state index in [0.29, 0.717) is 0 Å². The first kappa shape index (κ1) is 17.1. The van der Waals surface area contributed by atoms with Gasteiger partial charge in [-0.05, 0) is 51.7 Å². The van der Waals surface area contributed by atoms with E-state index in [4.69, 9.17) is 4.42 Å². The lowest BCUT2D eigenvalue weighted by Crippen LogP contribution is -1.87. The van der Waals surface area contributed by atoms with Gasteiger partial charge in [0.25, 0.3) is 0 Å². The maximum absolute atomic E-state index is 6.61. The second kappa shape index (κ2) is 6.60. The molecule has 2 aliphatic rings. The fraction of sp³-hybridized carbons (Fsp3) is 0.0345. The van der Waals surface area contributed by atoms with E-state index in [9.17, 15) is 0 Å². The van der Waals surface area contributed by atoms with Crippen molar-refractivity contribution in [3.8, 4) is 33.8 Å². The van der Waals surface area contributed by atoms with E-state index in [1.54, 1.807) is 0 Å². The van der Waals surface area contributed by atoms with Crippen molar-refractivity contribution in [1.82, 2.24) is 0 Å². The van der Waals surface area contributed by atoms with Gasteiger partial charge in [0.05, 0.1) is 0 Å². The maximum Gasteiger partial charge on any atom is 0.144 e. The molecule has 0 radical (unpaired) electrons. The lowest BCUT2D eigenvalue weighted by atomic mass is 9.99. The molecule has 1 heteroatoms. The minimum atomic E-state index is 0.901. The van der Waals surface area contributed by atoms with Crippen molar-refractivity contribution >= 4 is 21.5 Å². The molecule has 1 heterocycles. The number of rotatable bonds is 2. The van der Waals surface area contributed by atoms with Crippen LogP contribution in [0.2, 0.25) is 0 Å². The summed E-state index contributed by atoms with van der Waals surface area (Å²) in [7, 11) is 0. The fourth-order valence-electron chi connectivity index (χ4n) is 4.57. The third kappa shape index (κ3) is 2.56. The summed E-state index contributed by atoms with van der Waals surface area (Å²) in [5.41, 5.74) is 5.89. The van der Waals surface area contributed by atoms with Crippen molar-refractivity contribution in [3.63, 3.8) is 0 Å². The Morgan fingerprint density at radius 3 is 2.00 bits per heavy atom. The number of aryl methyl sites for hydroxylation is 1. The molecule has 1 nitrogen and oxygen atoms in total. The minimum Gasteiger partial charge on any atom is -0.455 e. The van der Waals surface area contributed by atoms with Gasteiger partial charge in [-0.2, -0.15) is 0 Å².